The van der Waals surface area contributed by atoms with Crippen LogP contribution in [0.15, 0.2) is 48.5 Å². The Morgan fingerprint density at radius 1 is 1.00 bits per heavy atom. The Morgan fingerprint density at radius 3 is 2.55 bits per heavy atom. The molecule has 0 saturated heterocycles. The van der Waals surface area contributed by atoms with E-state index in [9.17, 15) is 0 Å². The Balaban J connectivity index is 1.66. The van der Waals surface area contributed by atoms with Gasteiger partial charge >= 0.3 is 0 Å². The van der Waals surface area contributed by atoms with Crippen LogP contribution in [0.4, 0.5) is 0 Å². The van der Waals surface area contributed by atoms with Gasteiger partial charge in [-0.3, -0.25) is 0 Å². The third kappa shape index (κ3) is 2.92. The van der Waals surface area contributed by atoms with E-state index >= 15 is 0 Å². The average Bonchev–Trinajstić information content (AvgIpc) is 2.53. The van der Waals surface area contributed by atoms with Gasteiger partial charge in [0.05, 0.1) is 6.61 Å². The van der Waals surface area contributed by atoms with E-state index in [1.807, 2.05) is 12.1 Å². The third-order valence-corrected chi connectivity index (χ3v) is 4.13. The predicted octanol–water partition coefficient (Wildman–Crippen LogP) is 3.35. The highest BCUT2D eigenvalue weighted by Crippen LogP contribution is 2.29. The molecule has 0 aliphatic heterocycles. The number of nitrogens with one attached hydrogen (secondary N) is 1. The van der Waals surface area contributed by atoms with Crippen LogP contribution < -0.4 is 5.32 Å². The van der Waals surface area contributed by atoms with E-state index in [0.29, 0.717) is 6.04 Å². The number of aryl methyl sites for hydroxylation is 1. The summed E-state index contributed by atoms with van der Waals surface area (Å²) in [6.45, 7) is 0.994. The lowest BCUT2D eigenvalue weighted by Crippen LogP contribution is -2.24. The molecule has 0 saturated carbocycles. The van der Waals surface area contributed by atoms with Crippen molar-refractivity contribution < 1.29 is 5.11 Å². The highest BCUT2D eigenvalue weighted by Gasteiger charge is 2.18. The van der Waals surface area contributed by atoms with Gasteiger partial charge in [-0.15, -0.1) is 0 Å². The number of hydrogen-bond acceptors (Lipinski definition) is 2. The van der Waals surface area contributed by atoms with Crippen LogP contribution in [0, 0.1) is 0 Å². The van der Waals surface area contributed by atoms with Gasteiger partial charge in [0.1, 0.15) is 0 Å². The maximum absolute atomic E-state index is 9.06. The van der Waals surface area contributed by atoms with E-state index in [-0.39, 0.29) is 6.61 Å². The predicted molar refractivity (Wildman–Crippen MR) is 81.3 cm³/mol. The van der Waals surface area contributed by atoms with Crippen LogP contribution >= 0.6 is 0 Å². The minimum Gasteiger partial charge on any atom is -0.392 e. The lowest BCUT2D eigenvalue weighted by Gasteiger charge is -2.26. The average molecular weight is 267 g/mol. The second-order valence-corrected chi connectivity index (χ2v) is 5.50. The first-order valence-corrected chi connectivity index (χ1v) is 7.36. The summed E-state index contributed by atoms with van der Waals surface area (Å²) in [5, 5.41) is 12.7. The standard InChI is InChI=1S/C18H21NO/c20-13-15-10-8-14(9-11-15)12-19-18-7-3-5-16-4-1-2-6-17(16)18/h1-2,4,6,8-11,18-20H,3,5,7,12-13H2. The largest absolute Gasteiger partial charge is 0.392 e. The van der Waals surface area contributed by atoms with Gasteiger partial charge in [-0.1, -0.05) is 48.5 Å². The van der Waals surface area contributed by atoms with Gasteiger partial charge in [0, 0.05) is 12.6 Å². The minimum atomic E-state index is 0.115. The summed E-state index contributed by atoms with van der Waals surface area (Å²) in [6.07, 6.45) is 3.68. The first-order valence-electron chi connectivity index (χ1n) is 7.36. The molecule has 2 aromatic rings. The van der Waals surface area contributed by atoms with E-state index in [0.717, 1.165) is 12.1 Å². The smallest absolute Gasteiger partial charge is 0.0681 e. The van der Waals surface area contributed by atoms with Crippen LogP contribution in [0.3, 0.4) is 0 Å². The second-order valence-electron chi connectivity index (χ2n) is 5.50. The van der Waals surface area contributed by atoms with Crippen LogP contribution in [0.1, 0.15) is 41.1 Å². The Bertz CT molecular complexity index is 562. The first kappa shape index (κ1) is 13.3. The highest BCUT2D eigenvalue weighted by atomic mass is 16.3. The molecule has 1 aliphatic rings. The lowest BCUT2D eigenvalue weighted by atomic mass is 9.87. The monoisotopic (exact) mass is 267 g/mol. The van der Waals surface area contributed by atoms with Crippen LogP contribution in [-0.4, -0.2) is 5.11 Å². The zero-order valence-corrected chi connectivity index (χ0v) is 11.7. The van der Waals surface area contributed by atoms with E-state index in [1.54, 1.807) is 0 Å². The Hall–Kier alpha value is -1.64. The fraction of sp³-hybridized carbons (Fsp3) is 0.333. The molecule has 2 aromatic carbocycles. The van der Waals surface area contributed by atoms with Gasteiger partial charge in [0.2, 0.25) is 0 Å². The Morgan fingerprint density at radius 2 is 1.75 bits per heavy atom. The molecule has 2 nitrogen and oxygen atoms in total. The molecule has 0 spiro atoms. The third-order valence-electron chi connectivity index (χ3n) is 4.13. The minimum absolute atomic E-state index is 0.115. The normalized spacial score (nSPS) is 17.8. The van der Waals surface area contributed by atoms with Crippen molar-refractivity contribution in [3.05, 3.63) is 70.8 Å². The van der Waals surface area contributed by atoms with E-state index < -0.39 is 0 Å². The molecular weight excluding hydrogens is 246 g/mol. The van der Waals surface area contributed by atoms with Crippen molar-refractivity contribution in [1.29, 1.82) is 0 Å². The topological polar surface area (TPSA) is 32.3 Å². The van der Waals surface area contributed by atoms with Gasteiger partial charge in [0.25, 0.3) is 0 Å². The summed E-state index contributed by atoms with van der Waals surface area (Å²) >= 11 is 0. The van der Waals surface area contributed by atoms with Gasteiger partial charge in [-0.25, -0.2) is 0 Å². The maximum atomic E-state index is 9.06. The molecule has 3 rings (SSSR count). The number of aliphatic hydroxyl groups is 1. The first-order chi connectivity index (χ1) is 9.86. The van der Waals surface area contributed by atoms with E-state index in [2.05, 4.69) is 41.7 Å². The molecule has 0 radical (unpaired) electrons. The Labute approximate surface area is 120 Å². The van der Waals surface area contributed by atoms with Crippen molar-refractivity contribution in [2.24, 2.45) is 0 Å². The maximum Gasteiger partial charge on any atom is 0.0681 e. The number of rotatable bonds is 4. The quantitative estimate of drug-likeness (QED) is 0.890. The molecule has 104 valence electrons. The highest BCUT2D eigenvalue weighted by molar-refractivity contribution is 5.32. The fourth-order valence-corrected chi connectivity index (χ4v) is 2.97. The number of hydrogen-bond donors (Lipinski definition) is 2. The van der Waals surface area contributed by atoms with Crippen molar-refractivity contribution in [2.75, 3.05) is 0 Å². The summed E-state index contributed by atoms with van der Waals surface area (Å²) in [4.78, 5) is 0. The zero-order valence-electron chi connectivity index (χ0n) is 11.7. The van der Waals surface area contributed by atoms with E-state index in [1.165, 1.54) is 36.0 Å². The molecule has 0 amide bonds. The molecular formula is C18H21NO. The molecule has 1 aliphatic carbocycles. The van der Waals surface area contributed by atoms with Crippen molar-refractivity contribution in [3.63, 3.8) is 0 Å². The molecule has 0 heterocycles. The Kier molecular flexibility index (Phi) is 4.14. The van der Waals surface area contributed by atoms with Crippen molar-refractivity contribution in [3.8, 4) is 0 Å². The van der Waals surface area contributed by atoms with Crippen LogP contribution in [0.25, 0.3) is 0 Å². The SMILES string of the molecule is OCc1ccc(CNC2CCCc3ccccc32)cc1. The summed E-state index contributed by atoms with van der Waals surface area (Å²) < 4.78 is 0. The molecule has 0 bridgehead atoms. The lowest BCUT2D eigenvalue weighted by molar-refractivity contribution is 0.282. The summed E-state index contributed by atoms with van der Waals surface area (Å²) in [5.41, 5.74) is 5.19. The molecule has 2 N–H and O–H groups in total. The molecule has 1 atom stereocenters. The molecule has 1 unspecified atom stereocenters. The summed E-state index contributed by atoms with van der Waals surface area (Å²) in [7, 11) is 0. The van der Waals surface area contributed by atoms with Crippen LogP contribution in [0.2, 0.25) is 0 Å². The summed E-state index contributed by atoms with van der Waals surface area (Å²) in [6, 6.07) is 17.4. The molecule has 0 fully saturated rings. The van der Waals surface area contributed by atoms with Gasteiger partial charge < -0.3 is 10.4 Å². The van der Waals surface area contributed by atoms with E-state index in [4.69, 9.17) is 5.11 Å². The number of benzene rings is 2. The van der Waals surface area contributed by atoms with Gasteiger partial charge in [0.15, 0.2) is 0 Å². The summed E-state index contributed by atoms with van der Waals surface area (Å²) in [5.74, 6) is 0. The van der Waals surface area contributed by atoms with Crippen LogP contribution in [0.5, 0.6) is 0 Å². The fourth-order valence-electron chi connectivity index (χ4n) is 2.97. The van der Waals surface area contributed by atoms with Crippen molar-refractivity contribution in [2.45, 2.75) is 38.5 Å². The van der Waals surface area contributed by atoms with Gasteiger partial charge in [-0.05, 0) is 41.5 Å². The number of aliphatic hydroxyl groups excluding tert-OH is 1. The zero-order chi connectivity index (χ0) is 13.8. The van der Waals surface area contributed by atoms with Crippen LogP contribution in [-0.2, 0) is 19.6 Å². The molecule has 20 heavy (non-hydrogen) atoms. The van der Waals surface area contributed by atoms with Crippen molar-refractivity contribution in [1.82, 2.24) is 5.32 Å². The van der Waals surface area contributed by atoms with Gasteiger partial charge in [-0.2, -0.15) is 0 Å². The molecule has 2 heteroatoms. The molecule has 0 aromatic heterocycles. The second kappa shape index (κ2) is 6.21. The number of fused-ring (bicyclic) bond motifs is 1. The van der Waals surface area contributed by atoms with Crippen molar-refractivity contribution >= 4 is 0 Å².